The van der Waals surface area contributed by atoms with Crippen molar-refractivity contribution in [2.75, 3.05) is 24.5 Å². The lowest BCUT2D eigenvalue weighted by Crippen LogP contribution is -2.49. The van der Waals surface area contributed by atoms with E-state index in [0.29, 0.717) is 25.9 Å². The second kappa shape index (κ2) is 9.32. The summed E-state index contributed by atoms with van der Waals surface area (Å²) in [7, 11) is 0. The lowest BCUT2D eigenvalue weighted by atomic mass is 9.88. The lowest BCUT2D eigenvalue weighted by Gasteiger charge is -2.34. The molecule has 0 aromatic heterocycles. The van der Waals surface area contributed by atoms with Gasteiger partial charge in [0.2, 0.25) is 17.7 Å². The number of nitrogens with zero attached hydrogens (tertiary/aromatic N) is 2. The number of nitrogens with one attached hydrogen (secondary N) is 1. The van der Waals surface area contributed by atoms with E-state index in [1.165, 1.54) is 11.3 Å². The van der Waals surface area contributed by atoms with E-state index in [1.807, 2.05) is 0 Å². The number of halogens is 2. The number of rotatable bonds is 4. The fourth-order valence-corrected chi connectivity index (χ4v) is 5.00. The van der Waals surface area contributed by atoms with Crippen LogP contribution in [-0.2, 0) is 14.4 Å². The van der Waals surface area contributed by atoms with Crippen LogP contribution in [0.4, 0.5) is 14.5 Å². The molecule has 31 heavy (non-hydrogen) atoms. The van der Waals surface area contributed by atoms with Crippen molar-refractivity contribution in [2.24, 2.45) is 11.8 Å². The van der Waals surface area contributed by atoms with Crippen molar-refractivity contribution in [3.05, 3.63) is 29.8 Å². The summed E-state index contributed by atoms with van der Waals surface area (Å²) in [4.78, 5) is 40.8. The minimum absolute atomic E-state index is 0.0370. The molecular weight excluding hydrogens is 404 g/mol. The Labute approximate surface area is 181 Å². The van der Waals surface area contributed by atoms with Gasteiger partial charge in [-0.05, 0) is 37.8 Å². The predicted molar refractivity (Wildman–Crippen MR) is 111 cm³/mol. The van der Waals surface area contributed by atoms with Gasteiger partial charge in [-0.25, -0.2) is 8.78 Å². The summed E-state index contributed by atoms with van der Waals surface area (Å²) in [5, 5.41) is 3.15. The molecule has 1 atom stereocenters. The number of hydrogen-bond donors (Lipinski definition) is 1. The maximum absolute atomic E-state index is 13.5. The largest absolute Gasteiger partial charge is 0.353 e. The Balaban J connectivity index is 1.28. The number of piperidine rings is 1. The molecule has 6 nitrogen and oxygen atoms in total. The first-order chi connectivity index (χ1) is 14.9. The standard InChI is InChI=1S/C23H29F2N3O3/c24-17-11-18(25)13-20(12-17)28-14-16(10-21(28)29)23(31)27-8-6-19(7-9-27)26-22(30)15-4-2-1-3-5-15/h11-13,15-16,19H,1-10,14H2,(H,26,30). The molecule has 0 bridgehead atoms. The number of benzene rings is 1. The van der Waals surface area contributed by atoms with Gasteiger partial charge in [0.1, 0.15) is 11.6 Å². The zero-order chi connectivity index (χ0) is 22.0. The highest BCUT2D eigenvalue weighted by Gasteiger charge is 2.38. The average molecular weight is 433 g/mol. The van der Waals surface area contributed by atoms with Crippen molar-refractivity contribution < 1.29 is 23.2 Å². The average Bonchev–Trinajstić information content (AvgIpc) is 3.15. The Kier molecular flexibility index (Phi) is 6.53. The zero-order valence-corrected chi connectivity index (χ0v) is 17.6. The van der Waals surface area contributed by atoms with E-state index in [-0.39, 0.29) is 48.3 Å². The summed E-state index contributed by atoms with van der Waals surface area (Å²) in [5.41, 5.74) is 0.141. The van der Waals surface area contributed by atoms with Gasteiger partial charge in [-0.1, -0.05) is 19.3 Å². The summed E-state index contributed by atoms with van der Waals surface area (Å²) in [6.45, 7) is 1.19. The van der Waals surface area contributed by atoms with E-state index in [2.05, 4.69) is 5.32 Å². The second-order valence-electron chi connectivity index (χ2n) is 8.98. The minimum Gasteiger partial charge on any atom is -0.353 e. The van der Waals surface area contributed by atoms with Crippen LogP contribution in [-0.4, -0.2) is 48.3 Å². The van der Waals surface area contributed by atoms with Crippen LogP contribution >= 0.6 is 0 Å². The van der Waals surface area contributed by atoms with E-state index in [9.17, 15) is 23.2 Å². The Morgan fingerprint density at radius 3 is 2.19 bits per heavy atom. The molecule has 0 spiro atoms. The van der Waals surface area contributed by atoms with Gasteiger partial charge >= 0.3 is 0 Å². The van der Waals surface area contributed by atoms with E-state index in [0.717, 1.165) is 43.9 Å². The van der Waals surface area contributed by atoms with Crippen molar-refractivity contribution in [1.29, 1.82) is 0 Å². The molecule has 2 aliphatic heterocycles. The second-order valence-corrected chi connectivity index (χ2v) is 8.98. The van der Waals surface area contributed by atoms with Gasteiger partial charge in [0.25, 0.3) is 0 Å². The molecule has 4 rings (SSSR count). The molecule has 1 N–H and O–H groups in total. The van der Waals surface area contributed by atoms with Gasteiger partial charge in [-0.3, -0.25) is 14.4 Å². The third-order valence-electron chi connectivity index (χ3n) is 6.76. The van der Waals surface area contributed by atoms with Gasteiger partial charge in [0.05, 0.1) is 5.92 Å². The normalized spacial score (nSPS) is 23.3. The quantitative estimate of drug-likeness (QED) is 0.794. The molecule has 2 heterocycles. The number of likely N-dealkylation sites (tertiary alicyclic amines) is 1. The van der Waals surface area contributed by atoms with Crippen molar-refractivity contribution in [1.82, 2.24) is 10.2 Å². The number of carbonyl (C=O) groups is 3. The van der Waals surface area contributed by atoms with Crippen LogP contribution in [0.25, 0.3) is 0 Å². The van der Waals surface area contributed by atoms with E-state index >= 15 is 0 Å². The summed E-state index contributed by atoms with van der Waals surface area (Å²) in [5.74, 6) is -2.18. The van der Waals surface area contributed by atoms with Gasteiger partial charge < -0.3 is 15.1 Å². The molecule has 3 aliphatic rings. The van der Waals surface area contributed by atoms with Crippen LogP contribution in [0.2, 0.25) is 0 Å². The van der Waals surface area contributed by atoms with Crippen LogP contribution in [0.3, 0.4) is 0 Å². The summed E-state index contributed by atoms with van der Waals surface area (Å²) in [6, 6.07) is 3.04. The molecule has 1 saturated carbocycles. The third-order valence-corrected chi connectivity index (χ3v) is 6.76. The first kappa shape index (κ1) is 21.7. The molecule has 1 aromatic carbocycles. The molecule has 2 saturated heterocycles. The van der Waals surface area contributed by atoms with Gasteiger partial charge in [0, 0.05) is 49.8 Å². The monoisotopic (exact) mass is 433 g/mol. The molecule has 8 heteroatoms. The third kappa shape index (κ3) is 5.05. The first-order valence-electron chi connectivity index (χ1n) is 11.3. The molecule has 0 radical (unpaired) electrons. The van der Waals surface area contributed by atoms with E-state index < -0.39 is 17.6 Å². The van der Waals surface area contributed by atoms with Crippen molar-refractivity contribution in [3.63, 3.8) is 0 Å². The summed E-state index contributed by atoms with van der Waals surface area (Å²) >= 11 is 0. The van der Waals surface area contributed by atoms with Crippen LogP contribution in [0.15, 0.2) is 18.2 Å². The maximum Gasteiger partial charge on any atom is 0.228 e. The van der Waals surface area contributed by atoms with E-state index in [4.69, 9.17) is 0 Å². The fraction of sp³-hybridized carbons (Fsp3) is 0.609. The fourth-order valence-electron chi connectivity index (χ4n) is 5.00. The highest BCUT2D eigenvalue weighted by atomic mass is 19.1. The summed E-state index contributed by atoms with van der Waals surface area (Å²) < 4.78 is 27.0. The zero-order valence-electron chi connectivity index (χ0n) is 17.6. The van der Waals surface area contributed by atoms with Crippen molar-refractivity contribution in [2.45, 2.75) is 57.4 Å². The SMILES string of the molecule is O=C(NC1CCN(C(=O)C2CC(=O)N(c3cc(F)cc(F)c3)C2)CC1)C1CCCCC1. The van der Waals surface area contributed by atoms with Crippen LogP contribution in [0.1, 0.15) is 51.4 Å². The Hall–Kier alpha value is -2.51. The first-order valence-corrected chi connectivity index (χ1v) is 11.3. The molecular formula is C23H29F2N3O3. The smallest absolute Gasteiger partial charge is 0.228 e. The molecule has 3 fully saturated rings. The van der Waals surface area contributed by atoms with Gasteiger partial charge in [0.15, 0.2) is 0 Å². The highest BCUT2D eigenvalue weighted by Crippen LogP contribution is 2.29. The van der Waals surface area contributed by atoms with Crippen molar-refractivity contribution in [3.8, 4) is 0 Å². The number of hydrogen-bond acceptors (Lipinski definition) is 3. The molecule has 168 valence electrons. The van der Waals surface area contributed by atoms with E-state index in [1.54, 1.807) is 4.90 Å². The number of carbonyl (C=O) groups excluding carboxylic acids is 3. The lowest BCUT2D eigenvalue weighted by molar-refractivity contribution is -0.137. The van der Waals surface area contributed by atoms with Crippen LogP contribution in [0.5, 0.6) is 0 Å². The van der Waals surface area contributed by atoms with Crippen LogP contribution in [0, 0.1) is 23.5 Å². The number of anilines is 1. The molecule has 1 unspecified atom stereocenters. The van der Waals surface area contributed by atoms with Crippen LogP contribution < -0.4 is 10.2 Å². The van der Waals surface area contributed by atoms with Gasteiger partial charge in [-0.15, -0.1) is 0 Å². The molecule has 3 amide bonds. The highest BCUT2D eigenvalue weighted by molar-refractivity contribution is 6.00. The molecule has 1 aromatic rings. The van der Waals surface area contributed by atoms with Gasteiger partial charge in [-0.2, -0.15) is 0 Å². The summed E-state index contributed by atoms with van der Waals surface area (Å²) in [6.07, 6.45) is 6.80. The predicted octanol–water partition coefficient (Wildman–Crippen LogP) is 3.01. The Bertz CT molecular complexity index is 828. The maximum atomic E-state index is 13.5. The Morgan fingerprint density at radius 2 is 1.55 bits per heavy atom. The minimum atomic E-state index is -0.755. The van der Waals surface area contributed by atoms with Crippen molar-refractivity contribution >= 4 is 23.4 Å². The Morgan fingerprint density at radius 1 is 0.903 bits per heavy atom. The topological polar surface area (TPSA) is 69.7 Å². The molecule has 1 aliphatic carbocycles. The number of amides is 3.